The van der Waals surface area contributed by atoms with Crippen LogP contribution in [0.15, 0.2) is 23.1 Å². The fourth-order valence-corrected chi connectivity index (χ4v) is 2.69. The normalized spacial score (nSPS) is 11.9. The number of thioether (sulfide) groups is 1. The Balaban J connectivity index is 2.80. The van der Waals surface area contributed by atoms with Gasteiger partial charge in [0.1, 0.15) is 5.75 Å². The Labute approximate surface area is 121 Å². The van der Waals surface area contributed by atoms with Crippen molar-refractivity contribution >= 4 is 11.8 Å². The minimum Gasteiger partial charge on any atom is -0.496 e. The molecule has 1 aromatic rings. The summed E-state index contributed by atoms with van der Waals surface area (Å²) in [7, 11) is 1.70. The summed E-state index contributed by atoms with van der Waals surface area (Å²) < 4.78 is 5.33. The fraction of sp³-hybridized carbons (Fsp3) is 0.600. The Hall–Kier alpha value is -0.710. The zero-order valence-electron chi connectivity index (χ0n) is 12.6. The molecule has 0 heterocycles. The average molecular weight is 283 g/mol. The molecule has 0 radical (unpaired) electrons. The molecule has 108 valence electrons. The maximum absolute atomic E-state index is 9.91. The van der Waals surface area contributed by atoms with Gasteiger partial charge in [-0.15, -0.1) is 11.8 Å². The van der Waals surface area contributed by atoms with E-state index in [1.807, 2.05) is 19.9 Å². The van der Waals surface area contributed by atoms with Crippen molar-refractivity contribution in [2.24, 2.45) is 0 Å². The van der Waals surface area contributed by atoms with Crippen molar-refractivity contribution in [3.63, 3.8) is 0 Å². The topological polar surface area (TPSA) is 32.7 Å². The summed E-state index contributed by atoms with van der Waals surface area (Å²) >= 11 is 1.69. The highest BCUT2D eigenvalue weighted by Crippen LogP contribution is 2.28. The van der Waals surface area contributed by atoms with Gasteiger partial charge in [-0.25, -0.2) is 0 Å². The van der Waals surface area contributed by atoms with E-state index in [-0.39, 0.29) is 0 Å². The highest BCUT2D eigenvalue weighted by atomic mass is 32.2. The number of benzene rings is 1. The number of nitrogens with zero attached hydrogens (tertiary/aromatic N) is 1. The van der Waals surface area contributed by atoms with Crippen LogP contribution in [-0.2, 0) is 6.54 Å². The summed E-state index contributed by atoms with van der Waals surface area (Å²) in [6.45, 7) is 8.24. The van der Waals surface area contributed by atoms with E-state index < -0.39 is 5.60 Å². The van der Waals surface area contributed by atoms with Crippen LogP contribution in [0.4, 0.5) is 0 Å². The number of hydrogen-bond donors (Lipinski definition) is 1. The third kappa shape index (κ3) is 5.43. The number of hydrogen-bond acceptors (Lipinski definition) is 4. The summed E-state index contributed by atoms with van der Waals surface area (Å²) in [6, 6.07) is 6.27. The third-order valence-electron chi connectivity index (χ3n) is 2.91. The van der Waals surface area contributed by atoms with Crippen molar-refractivity contribution in [2.75, 3.05) is 26.5 Å². The van der Waals surface area contributed by atoms with Gasteiger partial charge in [-0.05, 0) is 44.3 Å². The van der Waals surface area contributed by atoms with Gasteiger partial charge in [-0.1, -0.05) is 13.0 Å². The van der Waals surface area contributed by atoms with Gasteiger partial charge >= 0.3 is 0 Å². The quantitative estimate of drug-likeness (QED) is 0.780. The van der Waals surface area contributed by atoms with Crippen molar-refractivity contribution in [3.05, 3.63) is 23.8 Å². The predicted molar refractivity (Wildman–Crippen MR) is 82.0 cm³/mol. The first-order chi connectivity index (χ1) is 8.89. The molecule has 0 atom stereocenters. The standard InChI is InChI=1S/C15H25NO2S/c1-6-16(11-15(2,3)17)10-12-7-8-13(18-4)14(9-12)19-5/h7-9,17H,6,10-11H2,1-5H3. The van der Waals surface area contributed by atoms with Crippen molar-refractivity contribution in [3.8, 4) is 5.75 Å². The lowest BCUT2D eigenvalue weighted by Crippen LogP contribution is -2.38. The minimum absolute atomic E-state index is 0.662. The number of likely N-dealkylation sites (N-methyl/N-ethyl adjacent to an activating group) is 1. The van der Waals surface area contributed by atoms with E-state index in [0.29, 0.717) is 6.54 Å². The first-order valence-electron chi connectivity index (χ1n) is 6.55. The molecule has 0 aliphatic rings. The molecule has 0 amide bonds. The van der Waals surface area contributed by atoms with Crippen LogP contribution < -0.4 is 4.74 Å². The van der Waals surface area contributed by atoms with Gasteiger partial charge in [0.05, 0.1) is 12.7 Å². The van der Waals surface area contributed by atoms with Crippen LogP contribution in [0.5, 0.6) is 5.75 Å². The summed E-state index contributed by atoms with van der Waals surface area (Å²) in [4.78, 5) is 3.39. The van der Waals surface area contributed by atoms with E-state index >= 15 is 0 Å². The van der Waals surface area contributed by atoms with E-state index in [4.69, 9.17) is 4.74 Å². The van der Waals surface area contributed by atoms with E-state index in [1.165, 1.54) is 5.56 Å². The Morgan fingerprint density at radius 3 is 2.53 bits per heavy atom. The van der Waals surface area contributed by atoms with Gasteiger partial charge in [0.15, 0.2) is 0 Å². The molecule has 1 rings (SSSR count). The molecule has 1 N–H and O–H groups in total. The van der Waals surface area contributed by atoms with Crippen molar-refractivity contribution < 1.29 is 9.84 Å². The SMILES string of the molecule is CCN(Cc1ccc(OC)c(SC)c1)CC(C)(C)O. The average Bonchev–Trinajstić information content (AvgIpc) is 2.36. The molecule has 0 aliphatic carbocycles. The lowest BCUT2D eigenvalue weighted by atomic mass is 10.1. The molecular weight excluding hydrogens is 258 g/mol. The van der Waals surface area contributed by atoms with Crippen LogP contribution in [0.25, 0.3) is 0 Å². The maximum atomic E-state index is 9.91. The molecule has 0 saturated heterocycles. The molecule has 1 aromatic carbocycles. The largest absolute Gasteiger partial charge is 0.496 e. The molecule has 0 spiro atoms. The van der Waals surface area contributed by atoms with Crippen LogP contribution in [-0.4, -0.2) is 42.1 Å². The predicted octanol–water partition coefficient (Wildman–Crippen LogP) is 3.01. The molecule has 4 heteroatoms. The second-order valence-electron chi connectivity index (χ2n) is 5.31. The molecule has 0 bridgehead atoms. The van der Waals surface area contributed by atoms with Crippen molar-refractivity contribution in [1.82, 2.24) is 4.90 Å². The van der Waals surface area contributed by atoms with E-state index in [9.17, 15) is 5.11 Å². The molecule has 0 unspecified atom stereocenters. The zero-order chi connectivity index (χ0) is 14.5. The number of aliphatic hydroxyl groups is 1. The van der Waals surface area contributed by atoms with E-state index in [1.54, 1.807) is 18.9 Å². The van der Waals surface area contributed by atoms with Crippen LogP contribution in [0.2, 0.25) is 0 Å². The molecule has 0 fully saturated rings. The first-order valence-corrected chi connectivity index (χ1v) is 7.77. The second-order valence-corrected chi connectivity index (χ2v) is 6.15. The van der Waals surface area contributed by atoms with Gasteiger partial charge in [0, 0.05) is 18.0 Å². The molecule has 0 saturated carbocycles. The second kappa shape index (κ2) is 7.17. The van der Waals surface area contributed by atoms with E-state index in [0.717, 1.165) is 23.7 Å². The summed E-state index contributed by atoms with van der Waals surface area (Å²) in [5.74, 6) is 0.918. The van der Waals surface area contributed by atoms with Crippen LogP contribution in [0.1, 0.15) is 26.3 Å². The monoisotopic (exact) mass is 283 g/mol. The maximum Gasteiger partial charge on any atom is 0.132 e. The molecule has 19 heavy (non-hydrogen) atoms. The Bertz CT molecular complexity index is 402. The third-order valence-corrected chi connectivity index (χ3v) is 3.67. The van der Waals surface area contributed by atoms with Crippen LogP contribution >= 0.6 is 11.8 Å². The minimum atomic E-state index is -0.662. The zero-order valence-corrected chi connectivity index (χ0v) is 13.4. The number of methoxy groups -OCH3 is 1. The van der Waals surface area contributed by atoms with Gasteiger partial charge in [0.2, 0.25) is 0 Å². The van der Waals surface area contributed by atoms with Gasteiger partial charge in [-0.3, -0.25) is 4.90 Å². The Morgan fingerprint density at radius 2 is 2.05 bits per heavy atom. The fourth-order valence-electron chi connectivity index (χ4n) is 2.06. The molecule has 0 aromatic heterocycles. The summed E-state index contributed by atoms with van der Waals surface area (Å²) in [6.07, 6.45) is 2.05. The van der Waals surface area contributed by atoms with Crippen molar-refractivity contribution in [2.45, 2.75) is 37.8 Å². The Morgan fingerprint density at radius 1 is 1.37 bits per heavy atom. The van der Waals surface area contributed by atoms with Crippen LogP contribution in [0.3, 0.4) is 0 Å². The van der Waals surface area contributed by atoms with Gasteiger partial charge in [-0.2, -0.15) is 0 Å². The molecule has 3 nitrogen and oxygen atoms in total. The molecule has 0 aliphatic heterocycles. The highest BCUT2D eigenvalue weighted by Gasteiger charge is 2.17. The smallest absolute Gasteiger partial charge is 0.132 e. The first kappa shape index (κ1) is 16.3. The summed E-state index contributed by atoms with van der Waals surface area (Å²) in [5, 5.41) is 9.91. The molecular formula is C15H25NO2S. The highest BCUT2D eigenvalue weighted by molar-refractivity contribution is 7.98. The van der Waals surface area contributed by atoms with Gasteiger partial charge in [0.25, 0.3) is 0 Å². The summed E-state index contributed by atoms with van der Waals surface area (Å²) in [5.41, 5.74) is 0.585. The lowest BCUT2D eigenvalue weighted by Gasteiger charge is -2.28. The number of ether oxygens (including phenoxy) is 1. The van der Waals surface area contributed by atoms with Crippen LogP contribution in [0, 0.1) is 0 Å². The van der Waals surface area contributed by atoms with E-state index in [2.05, 4.69) is 30.2 Å². The number of rotatable bonds is 7. The van der Waals surface area contributed by atoms with Crippen molar-refractivity contribution in [1.29, 1.82) is 0 Å². The van der Waals surface area contributed by atoms with Gasteiger partial charge < -0.3 is 9.84 Å². The lowest BCUT2D eigenvalue weighted by molar-refractivity contribution is 0.0353. The Kier molecular flexibility index (Phi) is 6.17.